The van der Waals surface area contributed by atoms with Gasteiger partial charge < -0.3 is 19.2 Å². The molecule has 170 valence electrons. The van der Waals surface area contributed by atoms with E-state index in [9.17, 15) is 4.79 Å². The number of thiazole rings is 1. The minimum absolute atomic E-state index is 0.0530. The number of halogens is 1. The molecule has 3 heterocycles. The van der Waals surface area contributed by atoms with E-state index in [1.54, 1.807) is 42.1 Å². The number of anilines is 1. The van der Waals surface area contributed by atoms with Crippen LogP contribution in [0.1, 0.15) is 19.4 Å². The van der Waals surface area contributed by atoms with Gasteiger partial charge in [0.15, 0.2) is 5.13 Å². The second-order valence-corrected chi connectivity index (χ2v) is 9.46. The quantitative estimate of drug-likeness (QED) is 0.507. The van der Waals surface area contributed by atoms with Crippen molar-refractivity contribution in [2.75, 3.05) is 31.1 Å². The number of benzene rings is 1. The molecule has 4 rings (SSSR count). The molecule has 0 radical (unpaired) electrons. The highest BCUT2D eigenvalue weighted by atomic mass is 35.5. The molecule has 1 aliphatic heterocycles. The number of hydrogen-bond acceptors (Lipinski definition) is 7. The molecular weight excluding hydrogens is 450 g/mol. The summed E-state index contributed by atoms with van der Waals surface area (Å²) in [6, 6.07) is 7.72. The van der Waals surface area contributed by atoms with Crippen LogP contribution in [0.2, 0.25) is 5.02 Å². The summed E-state index contributed by atoms with van der Waals surface area (Å²) < 4.78 is 11.1. The van der Waals surface area contributed by atoms with E-state index in [1.807, 2.05) is 12.3 Å². The van der Waals surface area contributed by atoms with Gasteiger partial charge in [0.1, 0.15) is 12.4 Å². The summed E-state index contributed by atoms with van der Waals surface area (Å²) in [6.45, 7) is 7.44. The Morgan fingerprint density at radius 1 is 1.31 bits per heavy atom. The van der Waals surface area contributed by atoms with Crippen LogP contribution >= 0.6 is 22.9 Å². The van der Waals surface area contributed by atoms with Crippen LogP contribution in [0.4, 0.5) is 5.13 Å². The van der Waals surface area contributed by atoms with Crippen molar-refractivity contribution in [2.45, 2.75) is 32.4 Å². The molecule has 0 saturated carbocycles. The van der Waals surface area contributed by atoms with Gasteiger partial charge in [-0.25, -0.2) is 4.98 Å². The number of carboxylic acids is 1. The Balaban J connectivity index is 1.33. The highest BCUT2D eigenvalue weighted by Crippen LogP contribution is 2.33. The normalized spacial score (nSPS) is 19.3. The fourth-order valence-corrected chi connectivity index (χ4v) is 5.20. The summed E-state index contributed by atoms with van der Waals surface area (Å²) in [5.41, 5.74) is 1.72. The van der Waals surface area contributed by atoms with Crippen molar-refractivity contribution in [3.05, 3.63) is 53.6 Å². The van der Waals surface area contributed by atoms with E-state index in [2.05, 4.69) is 28.6 Å². The molecule has 1 aliphatic rings. The Bertz CT molecular complexity index is 1040. The lowest BCUT2D eigenvalue weighted by molar-refractivity contribution is -0.136. The molecule has 1 aromatic carbocycles. The molecule has 0 bridgehead atoms. The first-order valence-electron chi connectivity index (χ1n) is 10.5. The number of aliphatic carboxylic acids is 1. The molecule has 0 spiro atoms. The minimum atomic E-state index is -0.879. The fraction of sp³-hybridized carbons (Fsp3) is 0.391. The van der Waals surface area contributed by atoms with Crippen molar-refractivity contribution in [3.8, 4) is 16.2 Å². The van der Waals surface area contributed by atoms with Crippen LogP contribution in [-0.4, -0.2) is 59.3 Å². The second kappa shape index (κ2) is 9.94. The molecule has 3 aromatic rings. The van der Waals surface area contributed by atoms with Gasteiger partial charge in [-0.1, -0.05) is 29.0 Å². The van der Waals surface area contributed by atoms with Crippen molar-refractivity contribution in [1.82, 2.24) is 9.88 Å². The Morgan fingerprint density at radius 2 is 2.09 bits per heavy atom. The molecule has 0 amide bonds. The largest absolute Gasteiger partial charge is 0.491 e. The van der Waals surface area contributed by atoms with Crippen LogP contribution in [0.15, 0.2) is 47.4 Å². The standard InChI is InChI=1S/C23H26ClN3O4S/c1-15-12-26(23-25-11-21(32-23)18-5-7-30-14-18)13-16(2)27(15)6-8-31-20-9-17(10-22(28)29)3-4-19(20)24/h3-5,7,9,11,14-16H,6,8,10,12-13H2,1-2H3,(H,28,29)/t15-,16+. The summed E-state index contributed by atoms with van der Waals surface area (Å²) >= 11 is 7.91. The van der Waals surface area contributed by atoms with Gasteiger partial charge in [-0.3, -0.25) is 9.69 Å². The van der Waals surface area contributed by atoms with Crippen LogP contribution in [0, 0.1) is 0 Å². The topological polar surface area (TPSA) is 79.0 Å². The summed E-state index contributed by atoms with van der Waals surface area (Å²) in [4.78, 5) is 21.5. The van der Waals surface area contributed by atoms with Crippen molar-refractivity contribution in [3.63, 3.8) is 0 Å². The highest BCUT2D eigenvalue weighted by Gasteiger charge is 2.30. The SMILES string of the molecule is C[C@@H]1CN(c2ncc(-c3ccoc3)s2)C[C@H](C)N1CCOc1cc(CC(=O)O)ccc1Cl. The number of piperazine rings is 1. The molecular formula is C23H26ClN3O4S. The highest BCUT2D eigenvalue weighted by molar-refractivity contribution is 7.18. The summed E-state index contributed by atoms with van der Waals surface area (Å²) in [5.74, 6) is -0.352. The number of carbonyl (C=O) groups is 1. The number of nitrogens with zero attached hydrogens (tertiary/aromatic N) is 3. The zero-order valence-corrected chi connectivity index (χ0v) is 19.6. The zero-order valence-electron chi connectivity index (χ0n) is 18.0. The summed E-state index contributed by atoms with van der Waals surface area (Å²) in [6.07, 6.45) is 5.27. The maximum atomic E-state index is 11.0. The molecule has 9 heteroatoms. The van der Waals surface area contributed by atoms with Crippen LogP contribution < -0.4 is 9.64 Å². The van der Waals surface area contributed by atoms with Gasteiger partial charge in [0.25, 0.3) is 0 Å². The van der Waals surface area contributed by atoms with Crippen molar-refractivity contribution < 1.29 is 19.1 Å². The van der Waals surface area contributed by atoms with E-state index < -0.39 is 5.97 Å². The monoisotopic (exact) mass is 475 g/mol. The first kappa shape index (κ1) is 22.6. The Morgan fingerprint density at radius 3 is 2.78 bits per heavy atom. The van der Waals surface area contributed by atoms with E-state index in [0.717, 1.165) is 35.2 Å². The predicted molar refractivity (Wildman–Crippen MR) is 126 cm³/mol. The molecule has 1 fully saturated rings. The molecule has 2 atom stereocenters. The molecule has 2 aromatic heterocycles. The average molecular weight is 476 g/mol. The minimum Gasteiger partial charge on any atom is -0.491 e. The van der Waals surface area contributed by atoms with Crippen LogP contribution in [0.25, 0.3) is 10.4 Å². The smallest absolute Gasteiger partial charge is 0.307 e. The van der Waals surface area contributed by atoms with Gasteiger partial charge in [0.2, 0.25) is 0 Å². The first-order chi connectivity index (χ1) is 15.4. The Labute approximate surface area is 196 Å². The lowest BCUT2D eigenvalue weighted by atomic mass is 10.1. The maximum absolute atomic E-state index is 11.0. The third-order valence-electron chi connectivity index (χ3n) is 5.63. The molecule has 32 heavy (non-hydrogen) atoms. The van der Waals surface area contributed by atoms with Crippen molar-refractivity contribution >= 4 is 34.0 Å². The van der Waals surface area contributed by atoms with Crippen LogP contribution in [0.3, 0.4) is 0 Å². The second-order valence-electron chi connectivity index (χ2n) is 8.04. The van der Waals surface area contributed by atoms with Gasteiger partial charge in [0.05, 0.1) is 28.8 Å². The first-order valence-corrected chi connectivity index (χ1v) is 11.7. The van der Waals surface area contributed by atoms with Crippen molar-refractivity contribution in [1.29, 1.82) is 0 Å². The summed E-state index contributed by atoms with van der Waals surface area (Å²) in [5, 5.41) is 10.5. The predicted octanol–water partition coefficient (Wildman–Crippen LogP) is 4.66. The number of rotatable bonds is 8. The molecule has 0 aliphatic carbocycles. The third-order valence-corrected chi connectivity index (χ3v) is 7.05. The van der Waals surface area contributed by atoms with Crippen molar-refractivity contribution in [2.24, 2.45) is 0 Å². The van der Waals surface area contributed by atoms with E-state index in [-0.39, 0.29) is 6.42 Å². The van der Waals surface area contributed by atoms with Crippen LogP contribution in [0.5, 0.6) is 5.75 Å². The zero-order chi connectivity index (χ0) is 22.7. The van der Waals surface area contributed by atoms with Crippen LogP contribution in [-0.2, 0) is 11.2 Å². The third kappa shape index (κ3) is 5.26. The number of carboxylic acid groups (broad SMARTS) is 1. The van der Waals surface area contributed by atoms with Gasteiger partial charge in [0, 0.05) is 43.5 Å². The number of furan rings is 1. The molecule has 0 unspecified atom stereocenters. The lowest BCUT2D eigenvalue weighted by Crippen LogP contribution is -2.57. The number of ether oxygens (including phenoxy) is 1. The fourth-order valence-electron chi connectivity index (χ4n) is 4.11. The maximum Gasteiger partial charge on any atom is 0.307 e. The Hall–Kier alpha value is -2.55. The average Bonchev–Trinajstić information content (AvgIpc) is 3.43. The lowest BCUT2D eigenvalue weighted by Gasteiger charge is -2.44. The van der Waals surface area contributed by atoms with E-state index in [0.29, 0.717) is 35.0 Å². The van der Waals surface area contributed by atoms with Gasteiger partial charge in [-0.2, -0.15) is 0 Å². The van der Waals surface area contributed by atoms with Gasteiger partial charge in [-0.15, -0.1) is 0 Å². The Kier molecular flexibility index (Phi) is 7.03. The van der Waals surface area contributed by atoms with E-state index in [4.69, 9.17) is 25.9 Å². The molecule has 1 saturated heterocycles. The number of aromatic nitrogens is 1. The van der Waals surface area contributed by atoms with Gasteiger partial charge in [-0.05, 0) is 37.6 Å². The molecule has 7 nitrogen and oxygen atoms in total. The molecule has 1 N–H and O–H groups in total. The van der Waals surface area contributed by atoms with E-state index in [1.165, 1.54) is 0 Å². The summed E-state index contributed by atoms with van der Waals surface area (Å²) in [7, 11) is 0. The number of hydrogen-bond donors (Lipinski definition) is 1. The van der Waals surface area contributed by atoms with E-state index >= 15 is 0 Å². The van der Waals surface area contributed by atoms with Gasteiger partial charge >= 0.3 is 5.97 Å².